The summed E-state index contributed by atoms with van der Waals surface area (Å²) in [4.78, 5) is 23.1. The van der Waals surface area contributed by atoms with Crippen molar-refractivity contribution in [2.24, 2.45) is 11.8 Å². The van der Waals surface area contributed by atoms with E-state index in [9.17, 15) is 9.59 Å². The van der Waals surface area contributed by atoms with E-state index in [1.54, 1.807) is 18.2 Å². The quantitative estimate of drug-likeness (QED) is 0.895. The molecule has 4 nitrogen and oxygen atoms in total. The Hall–Kier alpha value is -1.84. The number of rotatable bonds is 4. The van der Waals surface area contributed by atoms with Gasteiger partial charge in [0, 0.05) is 6.04 Å². The summed E-state index contributed by atoms with van der Waals surface area (Å²) in [6.45, 7) is 4.43. The lowest BCUT2D eigenvalue weighted by Crippen LogP contribution is -2.44. The zero-order valence-corrected chi connectivity index (χ0v) is 12.6. The maximum absolute atomic E-state index is 12.2. The van der Waals surface area contributed by atoms with Crippen molar-refractivity contribution in [2.75, 3.05) is 0 Å². The molecule has 0 saturated heterocycles. The SMILES string of the molecule is CC1CCCC(NC(=O)Cc2cccc(C(=O)O)c2)C1C. The number of nitrogens with one attached hydrogen (secondary N) is 1. The van der Waals surface area contributed by atoms with Gasteiger partial charge in [-0.2, -0.15) is 0 Å². The second-order valence-corrected chi connectivity index (χ2v) is 6.12. The first-order valence-corrected chi connectivity index (χ1v) is 7.59. The summed E-state index contributed by atoms with van der Waals surface area (Å²) in [7, 11) is 0. The highest BCUT2D eigenvalue weighted by Crippen LogP contribution is 2.29. The monoisotopic (exact) mass is 289 g/mol. The van der Waals surface area contributed by atoms with Crippen LogP contribution in [0.15, 0.2) is 24.3 Å². The lowest BCUT2D eigenvalue weighted by Gasteiger charge is -2.34. The highest BCUT2D eigenvalue weighted by Gasteiger charge is 2.28. The summed E-state index contributed by atoms with van der Waals surface area (Å²) < 4.78 is 0. The van der Waals surface area contributed by atoms with Crippen molar-refractivity contribution in [2.45, 2.75) is 45.6 Å². The fraction of sp³-hybridized carbons (Fsp3) is 0.529. The summed E-state index contributed by atoms with van der Waals surface area (Å²) in [6.07, 6.45) is 3.66. The van der Waals surface area contributed by atoms with Gasteiger partial charge in [0.2, 0.25) is 5.91 Å². The molecule has 3 atom stereocenters. The zero-order chi connectivity index (χ0) is 15.4. The molecule has 4 heteroatoms. The molecule has 3 unspecified atom stereocenters. The van der Waals surface area contributed by atoms with Gasteiger partial charge in [-0.3, -0.25) is 4.79 Å². The van der Waals surface area contributed by atoms with E-state index in [4.69, 9.17) is 5.11 Å². The summed E-state index contributed by atoms with van der Waals surface area (Å²) in [6, 6.07) is 6.81. The molecule has 0 spiro atoms. The zero-order valence-electron chi connectivity index (χ0n) is 12.6. The van der Waals surface area contributed by atoms with Crippen molar-refractivity contribution in [3.63, 3.8) is 0 Å². The van der Waals surface area contributed by atoms with E-state index >= 15 is 0 Å². The first-order valence-electron chi connectivity index (χ1n) is 7.59. The van der Waals surface area contributed by atoms with E-state index in [1.807, 2.05) is 0 Å². The summed E-state index contributed by atoms with van der Waals surface area (Å²) >= 11 is 0. The molecule has 0 aliphatic heterocycles. The van der Waals surface area contributed by atoms with E-state index in [2.05, 4.69) is 19.2 Å². The summed E-state index contributed by atoms with van der Waals surface area (Å²) in [5.41, 5.74) is 0.962. The van der Waals surface area contributed by atoms with Gasteiger partial charge in [-0.15, -0.1) is 0 Å². The molecule has 1 aromatic rings. The molecular formula is C17H23NO3. The number of carboxylic acid groups (broad SMARTS) is 1. The van der Waals surface area contributed by atoms with Gasteiger partial charge >= 0.3 is 5.97 Å². The minimum Gasteiger partial charge on any atom is -0.478 e. The lowest BCUT2D eigenvalue weighted by molar-refractivity contribution is -0.121. The van der Waals surface area contributed by atoms with Crippen LogP contribution in [0.3, 0.4) is 0 Å². The highest BCUT2D eigenvalue weighted by molar-refractivity contribution is 5.88. The second kappa shape index (κ2) is 6.74. The third kappa shape index (κ3) is 4.06. The molecule has 0 radical (unpaired) electrons. The predicted molar refractivity (Wildman–Crippen MR) is 81.2 cm³/mol. The highest BCUT2D eigenvalue weighted by atomic mass is 16.4. The third-order valence-corrected chi connectivity index (χ3v) is 4.59. The van der Waals surface area contributed by atoms with E-state index in [1.165, 1.54) is 12.5 Å². The molecular weight excluding hydrogens is 266 g/mol. The van der Waals surface area contributed by atoms with Crippen LogP contribution in [-0.2, 0) is 11.2 Å². The Morgan fingerprint density at radius 3 is 2.76 bits per heavy atom. The summed E-state index contributed by atoms with van der Waals surface area (Å²) in [5, 5.41) is 12.1. The van der Waals surface area contributed by atoms with E-state index in [0.717, 1.165) is 18.4 Å². The number of carbonyl (C=O) groups is 2. The van der Waals surface area contributed by atoms with Crippen LogP contribution in [0.4, 0.5) is 0 Å². The lowest BCUT2D eigenvalue weighted by atomic mass is 9.78. The van der Waals surface area contributed by atoms with Crippen LogP contribution in [-0.4, -0.2) is 23.0 Å². The molecule has 0 bridgehead atoms. The van der Waals surface area contributed by atoms with Crippen molar-refractivity contribution < 1.29 is 14.7 Å². The fourth-order valence-corrected chi connectivity index (χ4v) is 3.04. The average Bonchev–Trinajstić information content (AvgIpc) is 2.44. The molecule has 2 N–H and O–H groups in total. The van der Waals surface area contributed by atoms with Crippen LogP contribution < -0.4 is 5.32 Å². The number of amides is 1. The van der Waals surface area contributed by atoms with Crippen LogP contribution in [0.25, 0.3) is 0 Å². The number of benzene rings is 1. The van der Waals surface area contributed by atoms with Crippen LogP contribution in [0.1, 0.15) is 49.0 Å². The van der Waals surface area contributed by atoms with Gasteiger partial charge < -0.3 is 10.4 Å². The largest absolute Gasteiger partial charge is 0.478 e. The molecule has 0 heterocycles. The first kappa shape index (κ1) is 15.5. The van der Waals surface area contributed by atoms with Crippen LogP contribution >= 0.6 is 0 Å². The van der Waals surface area contributed by atoms with Crippen molar-refractivity contribution in [1.29, 1.82) is 0 Å². The Morgan fingerprint density at radius 2 is 2.05 bits per heavy atom. The van der Waals surface area contributed by atoms with E-state index < -0.39 is 5.97 Å². The molecule has 1 amide bonds. The normalized spacial score (nSPS) is 25.3. The summed E-state index contributed by atoms with van der Waals surface area (Å²) in [5.74, 6) is 0.142. The molecule has 21 heavy (non-hydrogen) atoms. The molecule has 1 aliphatic carbocycles. The number of aromatic carboxylic acids is 1. The molecule has 1 aliphatic rings. The van der Waals surface area contributed by atoms with E-state index in [0.29, 0.717) is 11.8 Å². The smallest absolute Gasteiger partial charge is 0.335 e. The third-order valence-electron chi connectivity index (χ3n) is 4.59. The van der Waals surface area contributed by atoms with Gasteiger partial charge in [-0.1, -0.05) is 38.8 Å². The average molecular weight is 289 g/mol. The van der Waals surface area contributed by atoms with Gasteiger partial charge in [0.15, 0.2) is 0 Å². The van der Waals surface area contributed by atoms with Crippen molar-refractivity contribution in [3.05, 3.63) is 35.4 Å². The van der Waals surface area contributed by atoms with Gasteiger partial charge in [0.1, 0.15) is 0 Å². The van der Waals surface area contributed by atoms with Crippen LogP contribution in [0.2, 0.25) is 0 Å². The second-order valence-electron chi connectivity index (χ2n) is 6.12. The van der Waals surface area contributed by atoms with Crippen LogP contribution in [0.5, 0.6) is 0 Å². The number of hydrogen-bond acceptors (Lipinski definition) is 2. The minimum atomic E-state index is -0.966. The molecule has 0 aromatic heterocycles. The van der Waals surface area contributed by atoms with Gasteiger partial charge in [0.25, 0.3) is 0 Å². The molecule has 114 valence electrons. The Bertz CT molecular complexity index is 527. The Balaban J connectivity index is 1.95. The molecule has 1 saturated carbocycles. The maximum Gasteiger partial charge on any atom is 0.335 e. The molecule has 1 fully saturated rings. The Labute approximate surface area is 125 Å². The maximum atomic E-state index is 12.2. The Morgan fingerprint density at radius 1 is 1.29 bits per heavy atom. The standard InChI is InChI=1S/C17H23NO3/c1-11-5-3-8-15(12(11)2)18-16(19)10-13-6-4-7-14(9-13)17(20)21/h4,6-7,9,11-12,15H,3,5,8,10H2,1-2H3,(H,18,19)(H,20,21). The van der Waals surface area contributed by atoms with Crippen LogP contribution in [0, 0.1) is 11.8 Å². The van der Waals surface area contributed by atoms with Gasteiger partial charge in [-0.05, 0) is 36.0 Å². The van der Waals surface area contributed by atoms with Crippen molar-refractivity contribution >= 4 is 11.9 Å². The molecule has 2 rings (SSSR count). The van der Waals surface area contributed by atoms with Gasteiger partial charge in [0.05, 0.1) is 12.0 Å². The Kier molecular flexibility index (Phi) is 4.99. The molecule has 1 aromatic carbocycles. The predicted octanol–water partition coefficient (Wildman–Crippen LogP) is 2.87. The minimum absolute atomic E-state index is 0.0245. The first-order chi connectivity index (χ1) is 9.97. The fourth-order valence-electron chi connectivity index (χ4n) is 3.04. The number of hydrogen-bond donors (Lipinski definition) is 2. The van der Waals surface area contributed by atoms with Crippen molar-refractivity contribution in [1.82, 2.24) is 5.32 Å². The number of carbonyl (C=O) groups excluding carboxylic acids is 1. The van der Waals surface area contributed by atoms with Crippen molar-refractivity contribution in [3.8, 4) is 0 Å². The topological polar surface area (TPSA) is 66.4 Å². The van der Waals surface area contributed by atoms with Gasteiger partial charge in [-0.25, -0.2) is 4.79 Å². The number of carboxylic acids is 1. The van der Waals surface area contributed by atoms with E-state index in [-0.39, 0.29) is 23.9 Å².